The number of rotatable bonds is 3. The van der Waals surface area contributed by atoms with Gasteiger partial charge in [0.05, 0.1) is 11.5 Å². The minimum atomic E-state index is -0.456. The molecule has 0 saturated carbocycles. The van der Waals surface area contributed by atoms with Crippen molar-refractivity contribution in [2.45, 2.75) is 32.6 Å². The first-order valence-corrected chi connectivity index (χ1v) is 5.19. The molecule has 0 aromatic heterocycles. The Morgan fingerprint density at radius 3 is 2.27 bits per heavy atom. The first kappa shape index (κ1) is 11.6. The fourth-order valence-corrected chi connectivity index (χ4v) is 1.87. The van der Waals surface area contributed by atoms with Gasteiger partial charge in [0.15, 0.2) is 0 Å². The molecule has 1 N–H and O–H groups in total. The van der Waals surface area contributed by atoms with Crippen molar-refractivity contribution in [2.75, 3.05) is 0 Å². The number of nitriles is 1. The van der Waals surface area contributed by atoms with E-state index in [0.717, 1.165) is 12.0 Å². The summed E-state index contributed by atoms with van der Waals surface area (Å²) in [6.07, 6.45) is 0.828. The van der Waals surface area contributed by atoms with Crippen LogP contribution in [-0.4, -0.2) is 5.11 Å². The van der Waals surface area contributed by atoms with Gasteiger partial charge in [0.1, 0.15) is 5.75 Å². The summed E-state index contributed by atoms with van der Waals surface area (Å²) in [6, 6.07) is 9.27. The van der Waals surface area contributed by atoms with Gasteiger partial charge in [-0.05, 0) is 37.0 Å². The maximum atomic E-state index is 9.24. The minimum absolute atomic E-state index is 0.239. The van der Waals surface area contributed by atoms with Crippen LogP contribution >= 0.6 is 0 Å². The van der Waals surface area contributed by atoms with Gasteiger partial charge in [-0.1, -0.05) is 26.0 Å². The third-order valence-corrected chi connectivity index (χ3v) is 2.57. The molecule has 1 aromatic carbocycles. The lowest BCUT2D eigenvalue weighted by Crippen LogP contribution is -2.21. The highest BCUT2D eigenvalue weighted by Crippen LogP contribution is 2.31. The maximum absolute atomic E-state index is 9.24. The monoisotopic (exact) mass is 203 g/mol. The lowest BCUT2D eigenvalue weighted by molar-refractivity contribution is 0.446. The highest BCUT2D eigenvalue weighted by Gasteiger charge is 2.27. The molecule has 0 spiro atoms. The predicted octanol–water partition coefficient (Wildman–Crippen LogP) is 3.22. The van der Waals surface area contributed by atoms with E-state index < -0.39 is 5.41 Å². The zero-order chi connectivity index (χ0) is 11.5. The van der Waals surface area contributed by atoms with Crippen molar-refractivity contribution in [3.63, 3.8) is 0 Å². The molecular formula is C13H17NO. The molecule has 0 aliphatic carbocycles. The zero-order valence-electron chi connectivity index (χ0n) is 9.49. The maximum Gasteiger partial charge on any atom is 0.115 e. The van der Waals surface area contributed by atoms with E-state index in [1.165, 1.54) is 0 Å². The highest BCUT2D eigenvalue weighted by molar-refractivity contribution is 5.35. The minimum Gasteiger partial charge on any atom is -0.508 e. The van der Waals surface area contributed by atoms with E-state index in [-0.39, 0.29) is 5.75 Å². The average molecular weight is 203 g/mol. The number of aromatic hydroxyl groups is 1. The number of phenolic OH excluding ortho intramolecular Hbond substituents is 1. The molecule has 0 amide bonds. The summed E-state index contributed by atoms with van der Waals surface area (Å²) in [4.78, 5) is 0. The quantitative estimate of drug-likeness (QED) is 0.819. The van der Waals surface area contributed by atoms with Crippen molar-refractivity contribution in [1.82, 2.24) is 0 Å². The van der Waals surface area contributed by atoms with Crippen LogP contribution in [0.1, 0.15) is 32.8 Å². The third kappa shape index (κ3) is 2.73. The van der Waals surface area contributed by atoms with Gasteiger partial charge in [-0.2, -0.15) is 5.26 Å². The molecule has 0 aliphatic rings. The van der Waals surface area contributed by atoms with Crippen molar-refractivity contribution in [3.05, 3.63) is 29.8 Å². The molecule has 0 heterocycles. The highest BCUT2D eigenvalue weighted by atomic mass is 16.3. The molecule has 0 fully saturated rings. The van der Waals surface area contributed by atoms with Crippen molar-refractivity contribution in [2.24, 2.45) is 5.92 Å². The Kier molecular flexibility index (Phi) is 3.36. The number of hydrogen-bond acceptors (Lipinski definition) is 2. The predicted molar refractivity (Wildman–Crippen MR) is 60.5 cm³/mol. The van der Waals surface area contributed by atoms with Crippen LogP contribution < -0.4 is 0 Å². The summed E-state index contributed by atoms with van der Waals surface area (Å²) in [5.41, 5.74) is 0.513. The molecule has 1 aromatic rings. The summed E-state index contributed by atoms with van der Waals surface area (Å²) < 4.78 is 0. The van der Waals surface area contributed by atoms with E-state index in [1.54, 1.807) is 12.1 Å². The molecule has 0 radical (unpaired) electrons. The average Bonchev–Trinajstić information content (AvgIpc) is 2.17. The molecule has 1 rings (SSSR count). The first-order chi connectivity index (χ1) is 6.98. The van der Waals surface area contributed by atoms with Crippen LogP contribution in [-0.2, 0) is 5.41 Å². The fourth-order valence-electron chi connectivity index (χ4n) is 1.87. The molecule has 0 saturated heterocycles. The SMILES string of the molecule is CC(C)CC(C)(C#N)c1ccc(O)cc1. The number of phenols is 1. The summed E-state index contributed by atoms with van der Waals surface area (Å²) in [5, 5.41) is 18.4. The van der Waals surface area contributed by atoms with Crippen LogP contribution in [0.15, 0.2) is 24.3 Å². The largest absolute Gasteiger partial charge is 0.508 e. The van der Waals surface area contributed by atoms with Crippen LogP contribution in [0, 0.1) is 17.2 Å². The second-order valence-corrected chi connectivity index (χ2v) is 4.59. The van der Waals surface area contributed by atoms with Crippen LogP contribution in [0.4, 0.5) is 0 Å². The van der Waals surface area contributed by atoms with E-state index in [0.29, 0.717) is 5.92 Å². The van der Waals surface area contributed by atoms with Crippen molar-refractivity contribution in [1.29, 1.82) is 5.26 Å². The van der Waals surface area contributed by atoms with Crippen molar-refractivity contribution in [3.8, 4) is 11.8 Å². The molecule has 80 valence electrons. The number of benzene rings is 1. The molecular weight excluding hydrogens is 186 g/mol. The first-order valence-electron chi connectivity index (χ1n) is 5.19. The van der Waals surface area contributed by atoms with Gasteiger partial charge >= 0.3 is 0 Å². The Labute approximate surface area is 91.2 Å². The van der Waals surface area contributed by atoms with E-state index >= 15 is 0 Å². The van der Waals surface area contributed by atoms with E-state index in [9.17, 15) is 10.4 Å². The summed E-state index contributed by atoms with van der Waals surface area (Å²) in [7, 11) is 0. The van der Waals surface area contributed by atoms with Gasteiger partial charge in [0.2, 0.25) is 0 Å². The molecule has 1 atom stereocenters. The van der Waals surface area contributed by atoms with Gasteiger partial charge in [-0.25, -0.2) is 0 Å². The Balaban J connectivity index is 3.02. The molecule has 0 aliphatic heterocycles. The Bertz CT molecular complexity index is 361. The molecule has 15 heavy (non-hydrogen) atoms. The lowest BCUT2D eigenvalue weighted by atomic mass is 9.77. The Hall–Kier alpha value is -1.49. The second-order valence-electron chi connectivity index (χ2n) is 4.59. The molecule has 0 bridgehead atoms. The topological polar surface area (TPSA) is 44.0 Å². The third-order valence-electron chi connectivity index (χ3n) is 2.57. The van der Waals surface area contributed by atoms with Crippen LogP contribution in [0.5, 0.6) is 5.75 Å². The van der Waals surface area contributed by atoms with Crippen LogP contribution in [0.25, 0.3) is 0 Å². The van der Waals surface area contributed by atoms with Crippen LogP contribution in [0.3, 0.4) is 0 Å². The van der Waals surface area contributed by atoms with E-state index in [1.807, 2.05) is 19.1 Å². The van der Waals surface area contributed by atoms with E-state index in [2.05, 4.69) is 19.9 Å². The smallest absolute Gasteiger partial charge is 0.115 e. The Morgan fingerprint density at radius 2 is 1.87 bits per heavy atom. The van der Waals surface area contributed by atoms with Gasteiger partial charge in [-0.3, -0.25) is 0 Å². The molecule has 2 nitrogen and oxygen atoms in total. The second kappa shape index (κ2) is 4.35. The van der Waals surface area contributed by atoms with Crippen LogP contribution in [0.2, 0.25) is 0 Å². The normalized spacial score (nSPS) is 14.6. The summed E-state index contributed by atoms with van der Waals surface area (Å²) in [6.45, 7) is 6.16. The Morgan fingerprint density at radius 1 is 1.33 bits per heavy atom. The van der Waals surface area contributed by atoms with E-state index in [4.69, 9.17) is 0 Å². The summed E-state index contributed by atoms with van der Waals surface area (Å²) in [5.74, 6) is 0.715. The van der Waals surface area contributed by atoms with Gasteiger partial charge in [0.25, 0.3) is 0 Å². The zero-order valence-corrected chi connectivity index (χ0v) is 9.49. The lowest BCUT2D eigenvalue weighted by Gasteiger charge is -2.24. The van der Waals surface area contributed by atoms with Gasteiger partial charge in [-0.15, -0.1) is 0 Å². The molecule has 1 unspecified atom stereocenters. The standard InChI is InChI=1S/C13H17NO/c1-10(2)8-13(3,9-14)11-4-6-12(15)7-5-11/h4-7,10,15H,8H2,1-3H3. The van der Waals surface area contributed by atoms with Gasteiger partial charge in [0, 0.05) is 0 Å². The molecule has 2 heteroatoms. The van der Waals surface area contributed by atoms with Gasteiger partial charge < -0.3 is 5.11 Å². The van der Waals surface area contributed by atoms with Crippen molar-refractivity contribution >= 4 is 0 Å². The van der Waals surface area contributed by atoms with Crippen molar-refractivity contribution < 1.29 is 5.11 Å². The fraction of sp³-hybridized carbons (Fsp3) is 0.462. The number of hydrogen-bond donors (Lipinski definition) is 1. The number of nitrogens with zero attached hydrogens (tertiary/aromatic N) is 1. The summed E-state index contributed by atoms with van der Waals surface area (Å²) >= 11 is 0.